The van der Waals surface area contributed by atoms with Crippen molar-refractivity contribution in [3.63, 3.8) is 0 Å². The van der Waals surface area contributed by atoms with Gasteiger partial charge in [0.25, 0.3) is 0 Å². The lowest BCUT2D eigenvalue weighted by Gasteiger charge is -2.33. The van der Waals surface area contributed by atoms with E-state index in [1.54, 1.807) is 0 Å². The predicted molar refractivity (Wildman–Crippen MR) is 103 cm³/mol. The second-order valence-electron chi connectivity index (χ2n) is 6.11. The number of morpholine rings is 1. The SMILES string of the molecule is CCCCNC(=NCC(c1ccc(C)s1)N1CCOCC1)NCC. The average molecular weight is 353 g/mol. The summed E-state index contributed by atoms with van der Waals surface area (Å²) in [5, 5.41) is 6.79. The van der Waals surface area contributed by atoms with E-state index in [2.05, 4.69) is 48.4 Å². The minimum atomic E-state index is 0.342. The van der Waals surface area contributed by atoms with Crippen LogP contribution in [0.1, 0.15) is 42.5 Å². The first-order valence-corrected chi connectivity index (χ1v) is 9.96. The van der Waals surface area contributed by atoms with E-state index in [9.17, 15) is 0 Å². The molecule has 1 aliphatic heterocycles. The standard InChI is InChI=1S/C18H32N4OS/c1-4-6-9-20-18(19-5-2)21-14-16(17-8-7-15(3)24-17)22-10-12-23-13-11-22/h7-8,16H,4-6,9-14H2,1-3H3,(H2,19,20,21). The zero-order chi connectivity index (χ0) is 17.2. The Balaban J connectivity index is 2.06. The molecule has 1 unspecified atom stereocenters. The Kier molecular flexibility index (Phi) is 8.56. The lowest BCUT2D eigenvalue weighted by atomic mass is 10.2. The highest BCUT2D eigenvalue weighted by molar-refractivity contribution is 7.12. The van der Waals surface area contributed by atoms with Gasteiger partial charge in [0.2, 0.25) is 0 Å². The molecule has 24 heavy (non-hydrogen) atoms. The summed E-state index contributed by atoms with van der Waals surface area (Å²) in [6.45, 7) is 12.7. The fourth-order valence-corrected chi connectivity index (χ4v) is 3.81. The van der Waals surface area contributed by atoms with Gasteiger partial charge in [0, 0.05) is 35.9 Å². The molecule has 136 valence electrons. The molecule has 5 nitrogen and oxygen atoms in total. The lowest BCUT2D eigenvalue weighted by molar-refractivity contribution is 0.0186. The van der Waals surface area contributed by atoms with Crippen molar-refractivity contribution >= 4 is 17.3 Å². The zero-order valence-electron chi connectivity index (χ0n) is 15.3. The molecule has 1 fully saturated rings. The highest BCUT2D eigenvalue weighted by Crippen LogP contribution is 2.28. The van der Waals surface area contributed by atoms with E-state index < -0.39 is 0 Å². The summed E-state index contributed by atoms with van der Waals surface area (Å²) in [7, 11) is 0. The molecule has 0 amide bonds. The van der Waals surface area contributed by atoms with Crippen molar-refractivity contribution in [3.05, 3.63) is 21.9 Å². The molecule has 0 saturated carbocycles. The average Bonchev–Trinajstić information content (AvgIpc) is 3.02. The summed E-state index contributed by atoms with van der Waals surface area (Å²) in [4.78, 5) is 10.1. The zero-order valence-corrected chi connectivity index (χ0v) is 16.1. The van der Waals surface area contributed by atoms with Gasteiger partial charge < -0.3 is 15.4 Å². The summed E-state index contributed by atoms with van der Waals surface area (Å²) < 4.78 is 5.52. The monoisotopic (exact) mass is 352 g/mol. The third-order valence-corrected chi connectivity index (χ3v) is 5.27. The fourth-order valence-electron chi connectivity index (χ4n) is 2.81. The van der Waals surface area contributed by atoms with Gasteiger partial charge in [0.1, 0.15) is 0 Å². The Hall–Kier alpha value is -1.11. The van der Waals surface area contributed by atoms with Crippen molar-refractivity contribution in [2.24, 2.45) is 4.99 Å². The molecule has 0 aromatic carbocycles. The predicted octanol–water partition coefficient (Wildman–Crippen LogP) is 2.79. The van der Waals surface area contributed by atoms with Gasteiger partial charge in [-0.15, -0.1) is 11.3 Å². The van der Waals surface area contributed by atoms with E-state index in [0.29, 0.717) is 6.04 Å². The molecular weight excluding hydrogens is 320 g/mol. The summed E-state index contributed by atoms with van der Waals surface area (Å²) in [6.07, 6.45) is 2.36. The lowest BCUT2D eigenvalue weighted by Crippen LogP contribution is -2.41. The molecule has 1 aliphatic rings. The van der Waals surface area contributed by atoms with E-state index in [4.69, 9.17) is 9.73 Å². The highest BCUT2D eigenvalue weighted by Gasteiger charge is 2.23. The third-order valence-electron chi connectivity index (χ3n) is 4.17. The van der Waals surface area contributed by atoms with Crippen molar-refractivity contribution in [2.45, 2.75) is 39.7 Å². The van der Waals surface area contributed by atoms with Crippen molar-refractivity contribution < 1.29 is 4.74 Å². The van der Waals surface area contributed by atoms with Crippen LogP contribution in [-0.2, 0) is 4.74 Å². The molecule has 1 atom stereocenters. The number of hydrogen-bond donors (Lipinski definition) is 2. The first-order chi connectivity index (χ1) is 11.7. The summed E-state index contributed by atoms with van der Waals surface area (Å²) in [5.41, 5.74) is 0. The van der Waals surface area contributed by atoms with E-state index >= 15 is 0 Å². The van der Waals surface area contributed by atoms with Crippen molar-refractivity contribution in [3.8, 4) is 0 Å². The molecule has 1 aromatic heterocycles. The quantitative estimate of drug-likeness (QED) is 0.429. The number of hydrogen-bond acceptors (Lipinski definition) is 4. The van der Waals surface area contributed by atoms with E-state index in [1.165, 1.54) is 22.6 Å². The van der Waals surface area contributed by atoms with E-state index in [0.717, 1.165) is 51.9 Å². The van der Waals surface area contributed by atoms with Crippen LogP contribution in [0.3, 0.4) is 0 Å². The van der Waals surface area contributed by atoms with Crippen LogP contribution in [0.15, 0.2) is 17.1 Å². The first kappa shape index (κ1) is 19.2. The van der Waals surface area contributed by atoms with E-state index in [-0.39, 0.29) is 0 Å². The van der Waals surface area contributed by atoms with Gasteiger partial charge in [0.05, 0.1) is 25.8 Å². The van der Waals surface area contributed by atoms with Gasteiger partial charge in [-0.2, -0.15) is 0 Å². The van der Waals surface area contributed by atoms with Gasteiger partial charge in [0.15, 0.2) is 5.96 Å². The number of nitrogens with one attached hydrogen (secondary N) is 2. The largest absolute Gasteiger partial charge is 0.379 e. The van der Waals surface area contributed by atoms with Crippen LogP contribution in [-0.4, -0.2) is 56.8 Å². The van der Waals surface area contributed by atoms with Crippen LogP contribution in [0.2, 0.25) is 0 Å². The number of nitrogens with zero attached hydrogens (tertiary/aromatic N) is 2. The van der Waals surface area contributed by atoms with Gasteiger partial charge >= 0.3 is 0 Å². The smallest absolute Gasteiger partial charge is 0.191 e. The van der Waals surface area contributed by atoms with Crippen LogP contribution < -0.4 is 10.6 Å². The van der Waals surface area contributed by atoms with Crippen LogP contribution in [0.25, 0.3) is 0 Å². The van der Waals surface area contributed by atoms with Gasteiger partial charge in [-0.3, -0.25) is 9.89 Å². The first-order valence-electron chi connectivity index (χ1n) is 9.15. The van der Waals surface area contributed by atoms with Crippen molar-refractivity contribution in [1.82, 2.24) is 15.5 Å². The third kappa shape index (κ3) is 6.07. The van der Waals surface area contributed by atoms with Gasteiger partial charge in [-0.05, 0) is 32.4 Å². The molecule has 0 bridgehead atoms. The number of aryl methyl sites for hydroxylation is 1. The maximum Gasteiger partial charge on any atom is 0.191 e. The van der Waals surface area contributed by atoms with Gasteiger partial charge in [-0.1, -0.05) is 13.3 Å². The fraction of sp³-hybridized carbons (Fsp3) is 0.722. The Bertz CT molecular complexity index is 497. The van der Waals surface area contributed by atoms with Crippen LogP contribution >= 0.6 is 11.3 Å². The number of unbranched alkanes of at least 4 members (excludes halogenated alkanes) is 1. The maximum atomic E-state index is 5.52. The number of guanidine groups is 1. The van der Waals surface area contributed by atoms with E-state index in [1.807, 2.05) is 11.3 Å². The normalized spacial score (nSPS) is 17.7. The number of ether oxygens (including phenoxy) is 1. The second-order valence-corrected chi connectivity index (χ2v) is 7.43. The molecule has 0 aliphatic carbocycles. The molecule has 2 rings (SSSR count). The number of aliphatic imine (C=N–C) groups is 1. The Labute approximate surface area is 150 Å². The van der Waals surface area contributed by atoms with Crippen molar-refractivity contribution in [2.75, 3.05) is 45.9 Å². The topological polar surface area (TPSA) is 48.9 Å². The number of rotatable bonds is 8. The molecule has 2 heterocycles. The van der Waals surface area contributed by atoms with Crippen LogP contribution in [0.4, 0.5) is 0 Å². The minimum Gasteiger partial charge on any atom is -0.379 e. The Morgan fingerprint density at radius 1 is 1.29 bits per heavy atom. The Morgan fingerprint density at radius 3 is 2.71 bits per heavy atom. The van der Waals surface area contributed by atoms with Crippen molar-refractivity contribution in [1.29, 1.82) is 0 Å². The summed E-state index contributed by atoms with van der Waals surface area (Å²) in [5.74, 6) is 0.928. The number of thiophene rings is 1. The molecule has 1 aromatic rings. The van der Waals surface area contributed by atoms with Crippen LogP contribution in [0, 0.1) is 6.92 Å². The summed E-state index contributed by atoms with van der Waals surface area (Å²) in [6, 6.07) is 4.81. The molecular formula is C18H32N4OS. The Morgan fingerprint density at radius 2 is 2.08 bits per heavy atom. The molecule has 1 saturated heterocycles. The molecule has 0 spiro atoms. The summed E-state index contributed by atoms with van der Waals surface area (Å²) >= 11 is 1.88. The molecule has 0 radical (unpaired) electrons. The molecule has 6 heteroatoms. The highest BCUT2D eigenvalue weighted by atomic mass is 32.1. The van der Waals surface area contributed by atoms with Crippen LogP contribution in [0.5, 0.6) is 0 Å². The maximum absolute atomic E-state index is 5.52. The minimum absolute atomic E-state index is 0.342. The van der Waals surface area contributed by atoms with Gasteiger partial charge in [-0.25, -0.2) is 0 Å². The molecule has 2 N–H and O–H groups in total. The second kappa shape index (κ2) is 10.7.